The van der Waals surface area contributed by atoms with Crippen molar-refractivity contribution in [3.63, 3.8) is 0 Å². The Morgan fingerprint density at radius 3 is 2.80 bits per heavy atom. The van der Waals surface area contributed by atoms with Crippen molar-refractivity contribution in [3.05, 3.63) is 38.5 Å². The van der Waals surface area contributed by atoms with Gasteiger partial charge in [0, 0.05) is 7.05 Å². The molecule has 15 heavy (non-hydrogen) atoms. The maximum atomic E-state index is 13.3. The van der Waals surface area contributed by atoms with Gasteiger partial charge in [-0.05, 0) is 35.0 Å². The Balaban J connectivity index is 3.07. The Bertz CT molecular complexity index is 606. The molecule has 0 spiro atoms. The zero-order valence-corrected chi connectivity index (χ0v) is 9.80. The van der Waals surface area contributed by atoms with E-state index in [2.05, 4.69) is 20.9 Å². The average Bonchev–Trinajstić information content (AvgIpc) is 2.20. The van der Waals surface area contributed by atoms with Crippen LogP contribution >= 0.6 is 15.9 Å². The minimum absolute atomic E-state index is 0.214. The molecule has 5 heteroatoms. The summed E-state index contributed by atoms with van der Waals surface area (Å²) in [5.74, 6) is -0.400. The zero-order chi connectivity index (χ0) is 11.2. The van der Waals surface area contributed by atoms with Gasteiger partial charge in [0.15, 0.2) is 0 Å². The minimum atomic E-state index is -0.400. The van der Waals surface area contributed by atoms with Crippen molar-refractivity contribution in [1.82, 2.24) is 9.55 Å². The molecule has 0 amide bonds. The van der Waals surface area contributed by atoms with Gasteiger partial charge in [0.1, 0.15) is 11.5 Å². The van der Waals surface area contributed by atoms with Crippen LogP contribution in [-0.4, -0.2) is 9.55 Å². The van der Waals surface area contributed by atoms with Crippen LogP contribution in [0.2, 0.25) is 0 Å². The van der Waals surface area contributed by atoms with Crippen molar-refractivity contribution in [2.45, 2.75) is 6.92 Å². The van der Waals surface area contributed by atoms with Crippen LogP contribution in [0.15, 0.2) is 21.4 Å². The molecule has 0 N–H and O–H groups in total. The Labute approximate surface area is 93.7 Å². The normalized spacial score (nSPS) is 10.9. The second-order valence-corrected chi connectivity index (χ2v) is 4.08. The van der Waals surface area contributed by atoms with E-state index >= 15 is 0 Å². The van der Waals surface area contributed by atoms with Crippen molar-refractivity contribution >= 4 is 27.0 Å². The van der Waals surface area contributed by atoms with E-state index in [4.69, 9.17) is 0 Å². The van der Waals surface area contributed by atoms with E-state index < -0.39 is 5.82 Å². The summed E-state index contributed by atoms with van der Waals surface area (Å²) in [6, 6.07) is 2.88. The first-order valence-electron chi connectivity index (χ1n) is 4.33. The molecule has 3 nitrogen and oxygen atoms in total. The highest BCUT2D eigenvalue weighted by molar-refractivity contribution is 9.10. The first-order valence-corrected chi connectivity index (χ1v) is 5.13. The summed E-state index contributed by atoms with van der Waals surface area (Å²) in [7, 11) is 1.60. The lowest BCUT2D eigenvalue weighted by atomic mass is 10.2. The summed E-state index contributed by atoms with van der Waals surface area (Å²) in [5.41, 5.74) is 1.27. The first kappa shape index (κ1) is 10.3. The molecule has 78 valence electrons. The molecule has 1 aromatic heterocycles. The van der Waals surface area contributed by atoms with Crippen LogP contribution in [0.25, 0.3) is 11.0 Å². The molecule has 0 fully saturated rings. The highest BCUT2D eigenvalue weighted by Gasteiger charge is 2.11. The van der Waals surface area contributed by atoms with E-state index in [0.717, 1.165) is 0 Å². The van der Waals surface area contributed by atoms with E-state index in [-0.39, 0.29) is 10.0 Å². The molecule has 1 heterocycles. The SMILES string of the molecule is Cc1nc2ccc(F)c(Br)c2n(C)c1=O. The summed E-state index contributed by atoms with van der Waals surface area (Å²) in [6.07, 6.45) is 0. The zero-order valence-electron chi connectivity index (χ0n) is 8.21. The Morgan fingerprint density at radius 2 is 2.13 bits per heavy atom. The topological polar surface area (TPSA) is 34.9 Å². The van der Waals surface area contributed by atoms with Crippen molar-refractivity contribution in [3.8, 4) is 0 Å². The number of nitrogens with zero attached hydrogens (tertiary/aromatic N) is 2. The Morgan fingerprint density at radius 1 is 1.47 bits per heavy atom. The van der Waals surface area contributed by atoms with Gasteiger partial charge in [-0.25, -0.2) is 9.37 Å². The van der Waals surface area contributed by atoms with Crippen LogP contribution in [-0.2, 0) is 7.05 Å². The summed E-state index contributed by atoms with van der Waals surface area (Å²) >= 11 is 3.12. The molecule has 2 rings (SSSR count). The maximum Gasteiger partial charge on any atom is 0.272 e. The smallest absolute Gasteiger partial charge is 0.272 e. The number of fused-ring (bicyclic) bond motifs is 1. The molecule has 0 radical (unpaired) electrons. The predicted octanol–water partition coefficient (Wildman–Crippen LogP) is 2.14. The van der Waals surface area contributed by atoms with E-state index in [1.807, 2.05) is 0 Å². The largest absolute Gasteiger partial charge is 0.307 e. The average molecular weight is 271 g/mol. The first-order chi connectivity index (χ1) is 7.02. The molecular formula is C10H8BrFN2O. The number of halogens is 2. The summed E-state index contributed by atoms with van der Waals surface area (Å²) < 4.78 is 14.9. The molecule has 0 aliphatic heterocycles. The standard InChI is InChI=1S/C10H8BrFN2O/c1-5-10(15)14(2)9-7(13-5)4-3-6(12)8(9)11/h3-4H,1-2H3. The molecule has 2 aromatic rings. The van der Waals surface area contributed by atoms with Gasteiger partial charge >= 0.3 is 0 Å². The van der Waals surface area contributed by atoms with E-state index in [1.165, 1.54) is 10.6 Å². The van der Waals surface area contributed by atoms with Gasteiger partial charge < -0.3 is 4.57 Å². The Hall–Kier alpha value is -1.23. The second kappa shape index (κ2) is 3.41. The van der Waals surface area contributed by atoms with Gasteiger partial charge in [0.2, 0.25) is 0 Å². The van der Waals surface area contributed by atoms with E-state index in [1.54, 1.807) is 20.0 Å². The lowest BCUT2D eigenvalue weighted by molar-refractivity contribution is 0.621. The molecule has 0 aliphatic rings. The van der Waals surface area contributed by atoms with Gasteiger partial charge in [-0.15, -0.1) is 0 Å². The van der Waals surface area contributed by atoms with E-state index in [9.17, 15) is 9.18 Å². The summed E-state index contributed by atoms with van der Waals surface area (Å²) in [4.78, 5) is 15.7. The van der Waals surface area contributed by atoms with Crippen molar-refractivity contribution in [2.75, 3.05) is 0 Å². The molecule has 0 saturated heterocycles. The maximum absolute atomic E-state index is 13.3. The molecule has 1 aromatic carbocycles. The number of hydrogen-bond donors (Lipinski definition) is 0. The number of hydrogen-bond acceptors (Lipinski definition) is 2. The van der Waals surface area contributed by atoms with Crippen molar-refractivity contribution < 1.29 is 4.39 Å². The van der Waals surface area contributed by atoms with Gasteiger partial charge in [0.25, 0.3) is 5.56 Å². The number of aryl methyl sites for hydroxylation is 2. The van der Waals surface area contributed by atoms with Crippen molar-refractivity contribution in [1.29, 1.82) is 0 Å². The third-order valence-corrected chi connectivity index (χ3v) is 3.04. The molecule has 0 atom stereocenters. The fourth-order valence-electron chi connectivity index (χ4n) is 1.51. The van der Waals surface area contributed by atoms with Crippen molar-refractivity contribution in [2.24, 2.45) is 7.05 Å². The molecule has 0 bridgehead atoms. The molecule has 0 unspecified atom stereocenters. The molecular weight excluding hydrogens is 263 g/mol. The quantitative estimate of drug-likeness (QED) is 0.735. The van der Waals surface area contributed by atoms with Gasteiger partial charge in [-0.1, -0.05) is 0 Å². The van der Waals surface area contributed by atoms with Crippen LogP contribution in [0.3, 0.4) is 0 Å². The van der Waals surface area contributed by atoms with Crippen LogP contribution in [0.5, 0.6) is 0 Å². The highest BCUT2D eigenvalue weighted by Crippen LogP contribution is 2.24. The van der Waals surface area contributed by atoms with Crippen LogP contribution in [0, 0.1) is 12.7 Å². The third-order valence-electron chi connectivity index (χ3n) is 2.29. The van der Waals surface area contributed by atoms with Gasteiger partial charge in [0.05, 0.1) is 15.5 Å². The lowest BCUT2D eigenvalue weighted by Gasteiger charge is -2.07. The van der Waals surface area contributed by atoms with Crippen LogP contribution in [0.4, 0.5) is 4.39 Å². The summed E-state index contributed by atoms with van der Waals surface area (Å²) in [5, 5.41) is 0. The number of rotatable bonds is 0. The summed E-state index contributed by atoms with van der Waals surface area (Å²) in [6.45, 7) is 1.64. The predicted molar refractivity (Wildman–Crippen MR) is 59.4 cm³/mol. The molecule has 0 saturated carbocycles. The van der Waals surface area contributed by atoms with Crippen LogP contribution < -0.4 is 5.56 Å². The number of benzene rings is 1. The van der Waals surface area contributed by atoms with Gasteiger partial charge in [-0.2, -0.15) is 0 Å². The number of aromatic nitrogens is 2. The Kier molecular flexibility index (Phi) is 2.34. The van der Waals surface area contributed by atoms with Crippen LogP contribution in [0.1, 0.15) is 5.69 Å². The molecule has 0 aliphatic carbocycles. The van der Waals surface area contributed by atoms with E-state index in [0.29, 0.717) is 16.7 Å². The second-order valence-electron chi connectivity index (χ2n) is 3.29. The lowest BCUT2D eigenvalue weighted by Crippen LogP contribution is -2.21. The fourth-order valence-corrected chi connectivity index (χ4v) is 2.11. The fraction of sp³-hybridized carbons (Fsp3) is 0.200. The minimum Gasteiger partial charge on any atom is -0.307 e. The highest BCUT2D eigenvalue weighted by atomic mass is 79.9. The monoisotopic (exact) mass is 270 g/mol. The third kappa shape index (κ3) is 1.47. The van der Waals surface area contributed by atoms with Gasteiger partial charge in [-0.3, -0.25) is 4.79 Å².